The molecule has 1 rings (SSSR count). The number of nitrogens with zero attached hydrogens (tertiary/aromatic N) is 2. The summed E-state index contributed by atoms with van der Waals surface area (Å²) in [5.74, 6) is 1.03. The second-order valence-electron chi connectivity index (χ2n) is 3.81. The summed E-state index contributed by atoms with van der Waals surface area (Å²) < 4.78 is 0. The molecule has 4 nitrogen and oxygen atoms in total. The number of nitrogens with two attached hydrogens (primary N) is 1. The molecule has 88 valence electrons. The molecule has 0 saturated carbocycles. The Labute approximate surface area is 97.0 Å². The van der Waals surface area contributed by atoms with Gasteiger partial charge in [0.25, 0.3) is 0 Å². The number of pyridine rings is 1. The lowest BCUT2D eigenvalue weighted by Crippen LogP contribution is -2.26. The highest BCUT2D eigenvalue weighted by atomic mass is 15.2. The second kappa shape index (κ2) is 6.10. The van der Waals surface area contributed by atoms with Gasteiger partial charge in [-0.05, 0) is 25.0 Å². The van der Waals surface area contributed by atoms with E-state index in [-0.39, 0.29) is 5.84 Å². The van der Waals surface area contributed by atoms with Gasteiger partial charge in [0, 0.05) is 24.8 Å². The summed E-state index contributed by atoms with van der Waals surface area (Å²) in [7, 11) is 0. The lowest BCUT2D eigenvalue weighted by molar-refractivity contribution is 0.734. The molecule has 1 aromatic heterocycles. The number of rotatable bonds is 6. The Bertz CT molecular complexity index is 325. The summed E-state index contributed by atoms with van der Waals surface area (Å²) in [6.07, 6.45) is 3.88. The SMILES string of the molecule is CCCN(CCC)c1ccc(C(=N)N)cn1. The fraction of sp³-hybridized carbons (Fsp3) is 0.500. The van der Waals surface area contributed by atoms with Crippen molar-refractivity contribution >= 4 is 11.7 Å². The minimum Gasteiger partial charge on any atom is -0.384 e. The molecule has 0 aliphatic rings. The zero-order chi connectivity index (χ0) is 12.0. The Morgan fingerprint density at radius 1 is 1.31 bits per heavy atom. The second-order valence-corrected chi connectivity index (χ2v) is 3.81. The smallest absolute Gasteiger partial charge is 0.128 e. The molecule has 0 amide bonds. The number of nitrogen functional groups attached to an aromatic ring is 1. The average Bonchev–Trinajstić information content (AvgIpc) is 2.29. The van der Waals surface area contributed by atoms with E-state index in [0.717, 1.165) is 31.7 Å². The van der Waals surface area contributed by atoms with E-state index < -0.39 is 0 Å². The summed E-state index contributed by atoms with van der Waals surface area (Å²) in [4.78, 5) is 6.60. The predicted octanol–water partition coefficient (Wildman–Crippen LogP) is 1.99. The van der Waals surface area contributed by atoms with Gasteiger partial charge in [0.05, 0.1) is 0 Å². The molecule has 1 aromatic rings. The van der Waals surface area contributed by atoms with Crippen LogP contribution in [0.5, 0.6) is 0 Å². The van der Waals surface area contributed by atoms with E-state index >= 15 is 0 Å². The molecule has 3 N–H and O–H groups in total. The topological polar surface area (TPSA) is 66.0 Å². The number of hydrogen-bond donors (Lipinski definition) is 2. The summed E-state index contributed by atoms with van der Waals surface area (Å²) in [5, 5.41) is 7.30. The molecule has 1 heterocycles. The Morgan fingerprint density at radius 2 is 1.94 bits per heavy atom. The normalized spacial score (nSPS) is 10.1. The summed E-state index contributed by atoms with van der Waals surface area (Å²) >= 11 is 0. The Morgan fingerprint density at radius 3 is 2.31 bits per heavy atom. The van der Waals surface area contributed by atoms with Gasteiger partial charge in [-0.1, -0.05) is 13.8 Å². The van der Waals surface area contributed by atoms with Gasteiger partial charge in [-0.2, -0.15) is 0 Å². The van der Waals surface area contributed by atoms with E-state index in [1.165, 1.54) is 0 Å². The highest BCUT2D eigenvalue weighted by Gasteiger charge is 2.06. The van der Waals surface area contributed by atoms with Gasteiger partial charge in [-0.15, -0.1) is 0 Å². The maximum Gasteiger partial charge on any atom is 0.128 e. The first-order valence-electron chi connectivity index (χ1n) is 5.74. The van der Waals surface area contributed by atoms with E-state index in [1.807, 2.05) is 12.1 Å². The molecular weight excluding hydrogens is 200 g/mol. The van der Waals surface area contributed by atoms with Crippen molar-refractivity contribution in [3.63, 3.8) is 0 Å². The van der Waals surface area contributed by atoms with Gasteiger partial charge in [0.1, 0.15) is 11.7 Å². The van der Waals surface area contributed by atoms with Crippen molar-refractivity contribution in [2.24, 2.45) is 5.73 Å². The quantitative estimate of drug-likeness (QED) is 0.569. The van der Waals surface area contributed by atoms with Crippen LogP contribution in [0.2, 0.25) is 0 Å². The molecule has 0 bridgehead atoms. The highest BCUT2D eigenvalue weighted by Crippen LogP contribution is 2.12. The maximum absolute atomic E-state index is 7.30. The maximum atomic E-state index is 7.30. The van der Waals surface area contributed by atoms with E-state index in [0.29, 0.717) is 5.56 Å². The number of amidine groups is 1. The minimum atomic E-state index is 0.0663. The zero-order valence-corrected chi connectivity index (χ0v) is 10.0. The van der Waals surface area contributed by atoms with Crippen molar-refractivity contribution in [2.75, 3.05) is 18.0 Å². The molecule has 0 aliphatic carbocycles. The van der Waals surface area contributed by atoms with Gasteiger partial charge in [0.15, 0.2) is 0 Å². The molecular formula is C12H20N4. The van der Waals surface area contributed by atoms with Crippen molar-refractivity contribution in [3.8, 4) is 0 Å². The van der Waals surface area contributed by atoms with Crippen LogP contribution in [0.4, 0.5) is 5.82 Å². The third-order valence-corrected chi connectivity index (χ3v) is 2.37. The molecule has 0 atom stereocenters. The van der Waals surface area contributed by atoms with E-state index in [2.05, 4.69) is 23.7 Å². The highest BCUT2D eigenvalue weighted by molar-refractivity contribution is 5.94. The van der Waals surface area contributed by atoms with Crippen LogP contribution in [0.1, 0.15) is 32.3 Å². The summed E-state index contributed by atoms with van der Waals surface area (Å²) in [5.41, 5.74) is 6.06. The molecule has 0 fully saturated rings. The molecule has 16 heavy (non-hydrogen) atoms. The van der Waals surface area contributed by atoms with Crippen LogP contribution < -0.4 is 10.6 Å². The van der Waals surface area contributed by atoms with Crippen molar-refractivity contribution in [3.05, 3.63) is 23.9 Å². The van der Waals surface area contributed by atoms with Crippen LogP contribution in [-0.2, 0) is 0 Å². The largest absolute Gasteiger partial charge is 0.384 e. The fourth-order valence-corrected chi connectivity index (χ4v) is 1.61. The number of anilines is 1. The van der Waals surface area contributed by atoms with Crippen LogP contribution in [0, 0.1) is 5.41 Å². The van der Waals surface area contributed by atoms with E-state index in [1.54, 1.807) is 6.20 Å². The third kappa shape index (κ3) is 3.22. The van der Waals surface area contributed by atoms with Gasteiger partial charge in [0.2, 0.25) is 0 Å². The molecule has 0 aromatic carbocycles. The van der Waals surface area contributed by atoms with Crippen LogP contribution in [0.3, 0.4) is 0 Å². The van der Waals surface area contributed by atoms with Gasteiger partial charge >= 0.3 is 0 Å². The van der Waals surface area contributed by atoms with Crippen molar-refractivity contribution in [2.45, 2.75) is 26.7 Å². The Balaban J connectivity index is 2.80. The minimum absolute atomic E-state index is 0.0663. The van der Waals surface area contributed by atoms with Crippen molar-refractivity contribution in [1.82, 2.24) is 4.98 Å². The van der Waals surface area contributed by atoms with Gasteiger partial charge in [-0.3, -0.25) is 5.41 Å². The van der Waals surface area contributed by atoms with Crippen LogP contribution in [-0.4, -0.2) is 23.9 Å². The molecule has 0 unspecified atom stereocenters. The van der Waals surface area contributed by atoms with Crippen LogP contribution in [0.15, 0.2) is 18.3 Å². The molecule has 0 radical (unpaired) electrons. The van der Waals surface area contributed by atoms with Crippen molar-refractivity contribution in [1.29, 1.82) is 5.41 Å². The van der Waals surface area contributed by atoms with Gasteiger partial charge in [-0.25, -0.2) is 4.98 Å². The van der Waals surface area contributed by atoms with E-state index in [9.17, 15) is 0 Å². The van der Waals surface area contributed by atoms with Crippen LogP contribution >= 0.6 is 0 Å². The molecule has 0 saturated heterocycles. The Hall–Kier alpha value is -1.58. The fourth-order valence-electron chi connectivity index (χ4n) is 1.61. The van der Waals surface area contributed by atoms with Crippen molar-refractivity contribution < 1.29 is 0 Å². The molecule has 0 spiro atoms. The first-order valence-corrected chi connectivity index (χ1v) is 5.74. The van der Waals surface area contributed by atoms with Gasteiger partial charge < -0.3 is 10.6 Å². The number of hydrogen-bond acceptors (Lipinski definition) is 3. The molecule has 0 aliphatic heterocycles. The zero-order valence-electron chi connectivity index (χ0n) is 10.0. The standard InChI is InChI=1S/C12H20N4/c1-3-7-16(8-4-2)11-6-5-10(9-15-11)12(13)14/h5-6,9H,3-4,7-8H2,1-2H3,(H3,13,14). The summed E-state index contributed by atoms with van der Waals surface area (Å²) in [6.45, 7) is 6.35. The Kier molecular flexibility index (Phi) is 4.76. The lowest BCUT2D eigenvalue weighted by Gasteiger charge is -2.22. The number of nitrogens with one attached hydrogen (secondary N) is 1. The average molecular weight is 220 g/mol. The van der Waals surface area contributed by atoms with Crippen LogP contribution in [0.25, 0.3) is 0 Å². The van der Waals surface area contributed by atoms with E-state index in [4.69, 9.17) is 11.1 Å². The summed E-state index contributed by atoms with van der Waals surface area (Å²) in [6, 6.07) is 3.78. The first-order chi connectivity index (χ1) is 7.69. The predicted molar refractivity (Wildman–Crippen MR) is 68.0 cm³/mol. The molecule has 4 heteroatoms. The third-order valence-electron chi connectivity index (χ3n) is 2.37. The number of aromatic nitrogens is 1. The monoisotopic (exact) mass is 220 g/mol. The lowest BCUT2D eigenvalue weighted by atomic mass is 10.2. The first kappa shape index (κ1) is 12.5.